The first-order chi connectivity index (χ1) is 12.3. The average molecular weight is 429 g/mol. The second-order valence-electron chi connectivity index (χ2n) is 5.60. The molecule has 0 aliphatic heterocycles. The van der Waals surface area contributed by atoms with E-state index in [0.717, 1.165) is 0 Å². The largest absolute Gasteiger partial charge is 0.302 e. The predicted octanol–water partition coefficient (Wildman–Crippen LogP) is 4.55. The van der Waals surface area contributed by atoms with Gasteiger partial charge in [-0.3, -0.25) is 4.79 Å². The van der Waals surface area contributed by atoms with E-state index >= 15 is 0 Å². The number of fused-ring (bicyclic) bond motifs is 1. The van der Waals surface area contributed by atoms with Crippen LogP contribution >= 0.6 is 34.5 Å². The zero-order valence-electron chi connectivity index (χ0n) is 13.4. The van der Waals surface area contributed by atoms with Gasteiger partial charge in [-0.05, 0) is 17.7 Å². The van der Waals surface area contributed by atoms with Gasteiger partial charge in [0, 0.05) is 6.42 Å². The Hall–Kier alpha value is -1.67. The zero-order valence-corrected chi connectivity index (χ0v) is 16.6. The lowest BCUT2D eigenvalue weighted by atomic mass is 10.2. The Morgan fingerprint density at radius 3 is 2.46 bits per heavy atom. The number of hydrogen-bond donors (Lipinski definition) is 1. The summed E-state index contributed by atoms with van der Waals surface area (Å²) in [5.74, 6) is -0.749. The molecule has 3 aromatic rings. The number of anilines is 1. The Labute approximate surface area is 164 Å². The van der Waals surface area contributed by atoms with E-state index in [-0.39, 0.29) is 17.9 Å². The number of rotatable bonds is 6. The molecule has 1 N–H and O–H groups in total. The molecule has 26 heavy (non-hydrogen) atoms. The number of hydrogen-bond acceptors (Lipinski definition) is 5. The number of carbonyl (C=O) groups excluding carboxylic acids is 1. The van der Waals surface area contributed by atoms with E-state index < -0.39 is 15.7 Å². The maximum atomic E-state index is 12.2. The molecule has 1 heterocycles. The summed E-state index contributed by atoms with van der Waals surface area (Å²) in [6.45, 7) is 0. The number of nitrogens with zero attached hydrogens (tertiary/aromatic N) is 1. The molecule has 0 spiro atoms. The van der Waals surface area contributed by atoms with Crippen LogP contribution in [0.2, 0.25) is 10.0 Å². The maximum Gasteiger partial charge on any atom is 0.227 e. The van der Waals surface area contributed by atoms with Crippen molar-refractivity contribution < 1.29 is 13.2 Å². The molecule has 0 radical (unpaired) electrons. The summed E-state index contributed by atoms with van der Waals surface area (Å²) < 4.78 is 25.0. The summed E-state index contributed by atoms with van der Waals surface area (Å²) in [5, 5.41) is 3.87. The van der Waals surface area contributed by atoms with Crippen molar-refractivity contribution in [2.24, 2.45) is 0 Å². The number of amides is 1. The molecule has 0 saturated heterocycles. The van der Waals surface area contributed by atoms with Crippen LogP contribution in [0.3, 0.4) is 0 Å². The molecule has 136 valence electrons. The van der Waals surface area contributed by atoms with Crippen LogP contribution in [0.4, 0.5) is 5.13 Å². The van der Waals surface area contributed by atoms with E-state index in [2.05, 4.69) is 10.3 Å². The van der Waals surface area contributed by atoms with Crippen LogP contribution in [0.25, 0.3) is 10.2 Å². The minimum absolute atomic E-state index is 0.0898. The Kier molecular flexibility index (Phi) is 5.82. The van der Waals surface area contributed by atoms with Crippen molar-refractivity contribution in [3.8, 4) is 0 Å². The third-order valence-electron chi connectivity index (χ3n) is 3.56. The summed E-state index contributed by atoms with van der Waals surface area (Å²) in [6.07, 6.45) is -0.146. The molecule has 0 aliphatic rings. The lowest BCUT2D eigenvalue weighted by Gasteiger charge is -2.04. The molecule has 0 bridgehead atoms. The quantitative estimate of drug-likeness (QED) is 0.624. The number of aromatic nitrogens is 1. The van der Waals surface area contributed by atoms with Gasteiger partial charge in [0.15, 0.2) is 15.0 Å². The van der Waals surface area contributed by atoms with Gasteiger partial charge in [-0.2, -0.15) is 0 Å². The van der Waals surface area contributed by atoms with Crippen LogP contribution in [-0.2, 0) is 20.4 Å². The van der Waals surface area contributed by atoms with E-state index in [1.165, 1.54) is 11.3 Å². The summed E-state index contributed by atoms with van der Waals surface area (Å²) >= 11 is 13.4. The standard InChI is InChI=1S/C17H14Cl2N2O3S2/c18-12-6-7-13(19)16-15(12)21-17(25-16)20-14(22)8-9-26(23,24)10-11-4-2-1-3-5-11/h1-7H,8-10H2,(H,20,21,22). The van der Waals surface area contributed by atoms with Crippen molar-refractivity contribution >= 4 is 65.6 Å². The van der Waals surface area contributed by atoms with E-state index in [0.29, 0.717) is 31.0 Å². The number of nitrogens with one attached hydrogen (secondary N) is 1. The molecular formula is C17H14Cl2N2O3S2. The predicted molar refractivity (Wildman–Crippen MR) is 107 cm³/mol. The summed E-state index contributed by atoms with van der Waals surface area (Å²) in [5.41, 5.74) is 1.21. The maximum absolute atomic E-state index is 12.2. The highest BCUT2D eigenvalue weighted by molar-refractivity contribution is 7.90. The fourth-order valence-corrected chi connectivity index (χ4v) is 5.11. The lowest BCUT2D eigenvalue weighted by molar-refractivity contribution is -0.115. The topological polar surface area (TPSA) is 76.1 Å². The molecule has 0 saturated carbocycles. The van der Waals surface area contributed by atoms with Gasteiger partial charge < -0.3 is 5.32 Å². The molecule has 5 nitrogen and oxygen atoms in total. The molecule has 0 unspecified atom stereocenters. The third kappa shape index (κ3) is 4.73. The van der Waals surface area contributed by atoms with Crippen molar-refractivity contribution in [2.45, 2.75) is 12.2 Å². The molecular weight excluding hydrogens is 415 g/mol. The van der Waals surface area contributed by atoms with Crippen molar-refractivity contribution in [1.82, 2.24) is 4.98 Å². The zero-order chi connectivity index (χ0) is 18.7. The summed E-state index contributed by atoms with van der Waals surface area (Å²) in [7, 11) is -3.38. The van der Waals surface area contributed by atoms with Gasteiger partial charge in [0.1, 0.15) is 5.52 Å². The van der Waals surface area contributed by atoms with E-state index in [4.69, 9.17) is 23.2 Å². The average Bonchev–Trinajstić information content (AvgIpc) is 3.02. The van der Waals surface area contributed by atoms with Crippen molar-refractivity contribution in [1.29, 1.82) is 0 Å². The van der Waals surface area contributed by atoms with Gasteiger partial charge in [-0.1, -0.05) is 64.9 Å². The van der Waals surface area contributed by atoms with Crippen LogP contribution in [-0.4, -0.2) is 25.1 Å². The molecule has 1 aromatic heterocycles. The van der Waals surface area contributed by atoms with Gasteiger partial charge in [0.2, 0.25) is 5.91 Å². The number of carbonyl (C=O) groups is 1. The van der Waals surface area contributed by atoms with Crippen molar-refractivity contribution in [2.75, 3.05) is 11.1 Å². The molecule has 0 fully saturated rings. The molecule has 9 heteroatoms. The van der Waals surface area contributed by atoms with E-state index in [9.17, 15) is 13.2 Å². The number of thiazole rings is 1. The highest BCUT2D eigenvalue weighted by Crippen LogP contribution is 2.36. The number of halogens is 2. The van der Waals surface area contributed by atoms with Crippen molar-refractivity contribution in [3.63, 3.8) is 0 Å². The lowest BCUT2D eigenvalue weighted by Crippen LogP contribution is -2.18. The van der Waals surface area contributed by atoms with Gasteiger partial charge in [-0.25, -0.2) is 13.4 Å². The smallest absolute Gasteiger partial charge is 0.227 e. The Balaban J connectivity index is 1.62. The van der Waals surface area contributed by atoms with Crippen LogP contribution in [0.5, 0.6) is 0 Å². The van der Waals surface area contributed by atoms with Gasteiger partial charge >= 0.3 is 0 Å². The van der Waals surface area contributed by atoms with Crippen LogP contribution in [0.15, 0.2) is 42.5 Å². The Morgan fingerprint density at radius 2 is 1.77 bits per heavy atom. The third-order valence-corrected chi connectivity index (χ3v) is 6.90. The Morgan fingerprint density at radius 1 is 1.08 bits per heavy atom. The van der Waals surface area contributed by atoms with E-state index in [1.807, 2.05) is 6.07 Å². The van der Waals surface area contributed by atoms with Gasteiger partial charge in [0.25, 0.3) is 0 Å². The molecule has 0 atom stereocenters. The van der Waals surface area contributed by atoms with Crippen LogP contribution in [0.1, 0.15) is 12.0 Å². The minimum atomic E-state index is -3.38. The second-order valence-corrected chi connectivity index (χ2v) is 9.60. The molecule has 1 amide bonds. The van der Waals surface area contributed by atoms with Crippen LogP contribution in [0, 0.1) is 0 Å². The second kappa shape index (κ2) is 7.92. The molecule has 3 rings (SSSR count). The van der Waals surface area contributed by atoms with Gasteiger partial charge in [0.05, 0.1) is 26.3 Å². The first-order valence-electron chi connectivity index (χ1n) is 7.63. The molecule has 0 aliphatic carbocycles. The first kappa shape index (κ1) is 19.1. The Bertz CT molecular complexity index is 1010. The fraction of sp³-hybridized carbons (Fsp3) is 0.176. The monoisotopic (exact) mass is 428 g/mol. The van der Waals surface area contributed by atoms with Crippen LogP contribution < -0.4 is 5.32 Å². The summed E-state index contributed by atoms with van der Waals surface area (Å²) in [6, 6.07) is 12.2. The highest BCUT2D eigenvalue weighted by atomic mass is 35.5. The number of sulfone groups is 1. The highest BCUT2D eigenvalue weighted by Gasteiger charge is 2.16. The van der Waals surface area contributed by atoms with Gasteiger partial charge in [-0.15, -0.1) is 0 Å². The normalized spacial score (nSPS) is 11.6. The SMILES string of the molecule is O=C(CCS(=O)(=O)Cc1ccccc1)Nc1nc2c(Cl)ccc(Cl)c2s1. The summed E-state index contributed by atoms with van der Waals surface area (Å²) in [4.78, 5) is 16.3. The number of benzene rings is 2. The van der Waals surface area contributed by atoms with E-state index in [1.54, 1.807) is 36.4 Å². The minimum Gasteiger partial charge on any atom is -0.302 e. The molecule has 2 aromatic carbocycles. The fourth-order valence-electron chi connectivity index (χ4n) is 2.33. The first-order valence-corrected chi connectivity index (χ1v) is 11.0. The van der Waals surface area contributed by atoms with Crippen molar-refractivity contribution in [3.05, 3.63) is 58.1 Å².